The van der Waals surface area contributed by atoms with Crippen LogP contribution in [0.15, 0.2) is 53.9 Å². The highest BCUT2D eigenvalue weighted by Crippen LogP contribution is 2.27. The number of thiazole rings is 1. The molecule has 0 amide bonds. The number of ether oxygens (including phenoxy) is 2. The average molecular weight is 422 g/mol. The van der Waals surface area contributed by atoms with E-state index >= 15 is 0 Å². The SMILES string of the molecule is c1ccc(-c2csc(CN3CCOc4ccc(CN5CCOCC5)cc4C3)n2)cc1. The summed E-state index contributed by atoms with van der Waals surface area (Å²) in [7, 11) is 0. The van der Waals surface area contributed by atoms with Gasteiger partial charge in [0.25, 0.3) is 0 Å². The second-order valence-electron chi connectivity index (χ2n) is 7.88. The van der Waals surface area contributed by atoms with E-state index in [1.165, 1.54) is 16.7 Å². The van der Waals surface area contributed by atoms with Crippen LogP contribution in [0.25, 0.3) is 11.3 Å². The zero-order valence-corrected chi connectivity index (χ0v) is 17.9. The molecule has 0 radical (unpaired) electrons. The van der Waals surface area contributed by atoms with Crippen molar-refractivity contribution in [3.05, 3.63) is 70.0 Å². The molecule has 0 bridgehead atoms. The highest BCUT2D eigenvalue weighted by atomic mass is 32.1. The van der Waals surface area contributed by atoms with E-state index < -0.39 is 0 Å². The second-order valence-corrected chi connectivity index (χ2v) is 8.82. The predicted octanol–water partition coefficient (Wildman–Crippen LogP) is 4.04. The molecule has 0 spiro atoms. The Bertz CT molecular complexity index is 970. The molecule has 5 rings (SSSR count). The molecule has 2 aliphatic rings. The van der Waals surface area contributed by atoms with Gasteiger partial charge in [-0.05, 0) is 17.7 Å². The van der Waals surface area contributed by atoms with Crippen molar-refractivity contribution in [3.63, 3.8) is 0 Å². The zero-order chi connectivity index (χ0) is 20.2. The van der Waals surface area contributed by atoms with Crippen molar-refractivity contribution < 1.29 is 9.47 Å². The van der Waals surface area contributed by atoms with Crippen molar-refractivity contribution in [2.24, 2.45) is 0 Å². The Balaban J connectivity index is 1.27. The van der Waals surface area contributed by atoms with E-state index in [2.05, 4.69) is 57.6 Å². The highest BCUT2D eigenvalue weighted by Gasteiger charge is 2.18. The Morgan fingerprint density at radius 1 is 0.900 bits per heavy atom. The summed E-state index contributed by atoms with van der Waals surface area (Å²) in [6, 6.07) is 17.1. The van der Waals surface area contributed by atoms with Gasteiger partial charge < -0.3 is 9.47 Å². The molecule has 0 saturated carbocycles. The number of benzene rings is 2. The topological polar surface area (TPSA) is 37.8 Å². The summed E-state index contributed by atoms with van der Waals surface area (Å²) in [5.74, 6) is 1.02. The van der Waals surface area contributed by atoms with Crippen molar-refractivity contribution in [2.75, 3.05) is 39.5 Å². The van der Waals surface area contributed by atoms with Gasteiger partial charge in [-0.25, -0.2) is 4.98 Å². The van der Waals surface area contributed by atoms with Gasteiger partial charge in [-0.2, -0.15) is 0 Å². The molecule has 1 aromatic heterocycles. The van der Waals surface area contributed by atoms with Gasteiger partial charge in [0.05, 0.1) is 25.5 Å². The minimum atomic E-state index is 0.715. The third-order valence-electron chi connectivity index (χ3n) is 5.67. The Morgan fingerprint density at radius 3 is 2.60 bits per heavy atom. The third-order valence-corrected chi connectivity index (χ3v) is 6.51. The highest BCUT2D eigenvalue weighted by molar-refractivity contribution is 7.09. The molecular weight excluding hydrogens is 394 g/mol. The lowest BCUT2D eigenvalue weighted by molar-refractivity contribution is 0.0342. The summed E-state index contributed by atoms with van der Waals surface area (Å²) in [5, 5.41) is 3.31. The van der Waals surface area contributed by atoms with Gasteiger partial charge in [0.2, 0.25) is 0 Å². The molecule has 0 unspecified atom stereocenters. The molecule has 30 heavy (non-hydrogen) atoms. The second kappa shape index (κ2) is 9.27. The van der Waals surface area contributed by atoms with Crippen LogP contribution in [0.1, 0.15) is 16.1 Å². The number of rotatable bonds is 5. The summed E-state index contributed by atoms with van der Waals surface area (Å²) < 4.78 is 11.5. The first kappa shape index (κ1) is 19.7. The van der Waals surface area contributed by atoms with Crippen LogP contribution >= 0.6 is 11.3 Å². The quantitative estimate of drug-likeness (QED) is 0.622. The molecule has 3 aromatic rings. The van der Waals surface area contributed by atoms with Crippen LogP contribution in [0.4, 0.5) is 0 Å². The van der Waals surface area contributed by atoms with E-state index in [-0.39, 0.29) is 0 Å². The van der Waals surface area contributed by atoms with Crippen LogP contribution in [0.5, 0.6) is 5.75 Å². The summed E-state index contributed by atoms with van der Waals surface area (Å²) in [6.07, 6.45) is 0. The first-order valence-electron chi connectivity index (χ1n) is 10.6. The number of morpholine rings is 1. The van der Waals surface area contributed by atoms with E-state index in [1.54, 1.807) is 11.3 Å². The molecule has 2 aromatic carbocycles. The van der Waals surface area contributed by atoms with E-state index in [4.69, 9.17) is 14.5 Å². The molecule has 0 aliphatic carbocycles. The van der Waals surface area contributed by atoms with Crippen LogP contribution in [-0.2, 0) is 24.4 Å². The fraction of sp³-hybridized carbons (Fsp3) is 0.375. The summed E-state index contributed by atoms with van der Waals surface area (Å²) in [6.45, 7) is 8.03. The molecule has 5 nitrogen and oxygen atoms in total. The largest absolute Gasteiger partial charge is 0.492 e. The monoisotopic (exact) mass is 421 g/mol. The maximum atomic E-state index is 6.04. The van der Waals surface area contributed by atoms with E-state index in [1.807, 2.05) is 6.07 Å². The van der Waals surface area contributed by atoms with Crippen molar-refractivity contribution in [2.45, 2.75) is 19.6 Å². The van der Waals surface area contributed by atoms with Gasteiger partial charge in [-0.3, -0.25) is 9.80 Å². The van der Waals surface area contributed by atoms with Crippen LogP contribution in [0.3, 0.4) is 0 Å². The Labute approximate surface area is 181 Å². The van der Waals surface area contributed by atoms with Gasteiger partial charge in [-0.1, -0.05) is 36.4 Å². The summed E-state index contributed by atoms with van der Waals surface area (Å²) >= 11 is 1.74. The minimum absolute atomic E-state index is 0.715. The van der Waals surface area contributed by atoms with Gasteiger partial charge in [-0.15, -0.1) is 11.3 Å². The molecule has 156 valence electrons. The molecule has 0 atom stereocenters. The molecule has 0 N–H and O–H groups in total. The number of hydrogen-bond acceptors (Lipinski definition) is 6. The lowest BCUT2D eigenvalue weighted by atomic mass is 10.1. The Hall–Kier alpha value is -2.25. The van der Waals surface area contributed by atoms with E-state index in [0.29, 0.717) is 6.61 Å². The molecule has 6 heteroatoms. The molecule has 1 saturated heterocycles. The fourth-order valence-electron chi connectivity index (χ4n) is 4.07. The Morgan fingerprint density at radius 2 is 1.73 bits per heavy atom. The van der Waals surface area contributed by atoms with Gasteiger partial charge in [0, 0.05) is 49.2 Å². The molecule has 2 aliphatic heterocycles. The summed E-state index contributed by atoms with van der Waals surface area (Å²) in [4.78, 5) is 9.78. The maximum absolute atomic E-state index is 6.04. The molecule has 1 fully saturated rings. The number of hydrogen-bond donors (Lipinski definition) is 0. The number of aromatic nitrogens is 1. The van der Waals surface area contributed by atoms with Crippen LogP contribution in [-0.4, -0.2) is 54.2 Å². The van der Waals surface area contributed by atoms with Crippen molar-refractivity contribution in [1.29, 1.82) is 0 Å². The maximum Gasteiger partial charge on any atom is 0.123 e. The van der Waals surface area contributed by atoms with Crippen molar-refractivity contribution >= 4 is 11.3 Å². The Kier molecular flexibility index (Phi) is 6.08. The standard InChI is InChI=1S/C24H27N3O2S/c1-2-4-20(5-3-1)22-18-30-24(25-22)17-27-10-13-29-23-7-6-19(14-21(23)16-27)15-26-8-11-28-12-9-26/h1-7,14,18H,8-13,15-17H2. The predicted molar refractivity (Wildman–Crippen MR) is 120 cm³/mol. The number of fused-ring (bicyclic) bond motifs is 1. The van der Waals surface area contributed by atoms with E-state index in [9.17, 15) is 0 Å². The van der Waals surface area contributed by atoms with Gasteiger partial charge in [0.15, 0.2) is 0 Å². The minimum Gasteiger partial charge on any atom is -0.492 e. The van der Waals surface area contributed by atoms with Crippen LogP contribution < -0.4 is 4.74 Å². The van der Waals surface area contributed by atoms with Crippen LogP contribution in [0.2, 0.25) is 0 Å². The average Bonchev–Trinajstić information content (AvgIpc) is 3.15. The summed E-state index contributed by atoms with van der Waals surface area (Å²) in [5.41, 5.74) is 4.87. The molecule has 3 heterocycles. The molecular formula is C24H27N3O2S. The fourth-order valence-corrected chi connectivity index (χ4v) is 4.91. The number of nitrogens with zero attached hydrogens (tertiary/aromatic N) is 3. The van der Waals surface area contributed by atoms with Crippen molar-refractivity contribution in [1.82, 2.24) is 14.8 Å². The van der Waals surface area contributed by atoms with Crippen molar-refractivity contribution in [3.8, 4) is 17.0 Å². The lowest BCUT2D eigenvalue weighted by Crippen LogP contribution is -2.35. The third kappa shape index (κ3) is 4.73. The normalized spacial score (nSPS) is 17.9. The smallest absolute Gasteiger partial charge is 0.123 e. The zero-order valence-electron chi connectivity index (χ0n) is 17.1. The first-order chi connectivity index (χ1) is 14.8. The van der Waals surface area contributed by atoms with Gasteiger partial charge in [0.1, 0.15) is 17.4 Å². The van der Waals surface area contributed by atoms with Gasteiger partial charge >= 0.3 is 0 Å². The van der Waals surface area contributed by atoms with Crippen LogP contribution in [0, 0.1) is 0 Å². The lowest BCUT2D eigenvalue weighted by Gasteiger charge is -2.27. The first-order valence-corrected chi connectivity index (χ1v) is 11.5. The van der Waals surface area contributed by atoms with E-state index in [0.717, 1.165) is 68.9 Å².